The van der Waals surface area contributed by atoms with Gasteiger partial charge in [-0.05, 0) is 18.6 Å². The number of aromatic nitrogens is 6. The summed E-state index contributed by atoms with van der Waals surface area (Å²) in [6, 6.07) is 12.2. The first-order valence-electron chi connectivity index (χ1n) is 9.95. The van der Waals surface area contributed by atoms with Gasteiger partial charge in [-0.3, -0.25) is 9.55 Å². The van der Waals surface area contributed by atoms with Crippen LogP contribution in [0.4, 0.5) is 5.82 Å². The number of ether oxygens (including phenoxy) is 1. The van der Waals surface area contributed by atoms with Gasteiger partial charge >= 0.3 is 0 Å². The maximum Gasteiger partial charge on any atom is 0.163 e. The monoisotopic (exact) mass is 397 g/mol. The van der Waals surface area contributed by atoms with E-state index >= 15 is 0 Å². The number of anilines is 1. The number of benzene rings is 1. The first kappa shape index (κ1) is 17.2. The normalized spacial score (nSPS) is 17.2. The number of hydrogen-bond donors (Lipinski definition) is 0. The molecule has 0 radical (unpaired) electrons. The lowest BCUT2D eigenvalue weighted by atomic mass is 10.0. The van der Waals surface area contributed by atoms with E-state index < -0.39 is 0 Å². The molecule has 148 valence electrons. The van der Waals surface area contributed by atoms with Crippen molar-refractivity contribution in [3.8, 4) is 28.2 Å². The highest BCUT2D eigenvalue weighted by molar-refractivity contribution is 5.80. The molecule has 0 bridgehead atoms. The second kappa shape index (κ2) is 6.70. The Hall–Kier alpha value is -3.65. The quantitative estimate of drug-likeness (QED) is 0.514. The Bertz CT molecular complexity index is 1240. The van der Waals surface area contributed by atoms with Gasteiger partial charge in [0.05, 0.1) is 19.4 Å². The molecule has 0 saturated carbocycles. The van der Waals surface area contributed by atoms with Crippen LogP contribution in [0.3, 0.4) is 0 Å². The highest BCUT2D eigenvalue weighted by Crippen LogP contribution is 2.40. The molecule has 4 aromatic rings. The number of rotatable bonds is 2. The minimum absolute atomic E-state index is 0.00114. The van der Waals surface area contributed by atoms with Crippen molar-refractivity contribution in [3.63, 3.8) is 0 Å². The Labute approximate surface area is 173 Å². The smallest absolute Gasteiger partial charge is 0.163 e. The van der Waals surface area contributed by atoms with Gasteiger partial charge in [-0.1, -0.05) is 30.3 Å². The van der Waals surface area contributed by atoms with Crippen LogP contribution in [0.5, 0.6) is 0 Å². The molecule has 0 N–H and O–H groups in total. The van der Waals surface area contributed by atoms with Crippen molar-refractivity contribution in [1.82, 2.24) is 29.7 Å². The minimum atomic E-state index is 0.00114. The maximum atomic E-state index is 5.74. The Kier molecular flexibility index (Phi) is 3.85. The molecule has 1 unspecified atom stereocenters. The summed E-state index contributed by atoms with van der Waals surface area (Å²) in [5, 5.41) is 8.69. The average Bonchev–Trinajstić information content (AvgIpc) is 3.21. The van der Waals surface area contributed by atoms with Crippen LogP contribution in [0, 0.1) is 6.92 Å². The zero-order valence-electron chi connectivity index (χ0n) is 16.4. The third kappa shape index (κ3) is 2.54. The molecular formula is C22H19N7O. The number of hydrogen-bond acceptors (Lipinski definition) is 7. The van der Waals surface area contributed by atoms with Crippen LogP contribution in [-0.2, 0) is 4.74 Å². The zero-order valence-corrected chi connectivity index (χ0v) is 16.4. The van der Waals surface area contributed by atoms with E-state index in [0.29, 0.717) is 19.0 Å². The first-order chi connectivity index (χ1) is 14.8. The number of pyridine rings is 1. The molecule has 1 fully saturated rings. The van der Waals surface area contributed by atoms with Crippen molar-refractivity contribution in [3.05, 3.63) is 66.6 Å². The van der Waals surface area contributed by atoms with Crippen molar-refractivity contribution in [2.75, 3.05) is 24.7 Å². The van der Waals surface area contributed by atoms with Crippen molar-refractivity contribution < 1.29 is 4.74 Å². The molecule has 8 nitrogen and oxygen atoms in total. The lowest BCUT2D eigenvalue weighted by Gasteiger charge is -2.40. The Morgan fingerprint density at radius 3 is 2.83 bits per heavy atom. The van der Waals surface area contributed by atoms with Crippen molar-refractivity contribution >= 4 is 5.82 Å². The molecule has 3 aromatic heterocycles. The van der Waals surface area contributed by atoms with Crippen LogP contribution in [0.25, 0.3) is 28.2 Å². The fourth-order valence-corrected chi connectivity index (χ4v) is 4.27. The van der Waals surface area contributed by atoms with Gasteiger partial charge in [-0.25, -0.2) is 9.97 Å². The van der Waals surface area contributed by atoms with Crippen LogP contribution in [0.15, 0.2) is 55.0 Å². The van der Waals surface area contributed by atoms with Crippen molar-refractivity contribution in [2.24, 2.45) is 0 Å². The number of aryl methyl sites for hydroxylation is 1. The summed E-state index contributed by atoms with van der Waals surface area (Å²) >= 11 is 0. The largest absolute Gasteiger partial charge is 0.377 e. The second-order valence-corrected chi connectivity index (χ2v) is 7.41. The van der Waals surface area contributed by atoms with Crippen molar-refractivity contribution in [2.45, 2.75) is 13.0 Å². The van der Waals surface area contributed by atoms with Gasteiger partial charge in [0.2, 0.25) is 0 Å². The summed E-state index contributed by atoms with van der Waals surface area (Å²) in [7, 11) is 0. The van der Waals surface area contributed by atoms with E-state index in [1.807, 2.05) is 48.1 Å². The molecule has 0 spiro atoms. The van der Waals surface area contributed by atoms with E-state index in [1.54, 1.807) is 6.20 Å². The number of morpholine rings is 1. The molecule has 2 aliphatic rings. The van der Waals surface area contributed by atoms with Gasteiger partial charge in [0.15, 0.2) is 17.5 Å². The molecule has 1 saturated heterocycles. The van der Waals surface area contributed by atoms with Crippen LogP contribution >= 0.6 is 0 Å². The Morgan fingerprint density at radius 1 is 1.03 bits per heavy atom. The third-order valence-electron chi connectivity index (χ3n) is 5.69. The number of nitrogens with zero attached hydrogens (tertiary/aromatic N) is 7. The molecule has 30 heavy (non-hydrogen) atoms. The topological polar surface area (TPSA) is 81.8 Å². The molecule has 8 heteroatoms. The summed E-state index contributed by atoms with van der Waals surface area (Å²) in [4.78, 5) is 16.4. The van der Waals surface area contributed by atoms with Gasteiger partial charge < -0.3 is 9.64 Å². The predicted octanol–water partition coefficient (Wildman–Crippen LogP) is 2.99. The standard InChI is InChI=1S/C22H19N7O/c1-14-26-27-22-19-13-30-10-9-28(19)21-18(29(14)22)12-24-20(25-21)16-7-8-23-11-17(16)15-5-3-2-4-6-15/h2-8,11-12,19H,9-10,13H2,1H3. The highest BCUT2D eigenvalue weighted by Gasteiger charge is 2.37. The highest BCUT2D eigenvalue weighted by atomic mass is 16.5. The lowest BCUT2D eigenvalue weighted by Crippen LogP contribution is -2.44. The minimum Gasteiger partial charge on any atom is -0.377 e. The summed E-state index contributed by atoms with van der Waals surface area (Å²) < 4.78 is 7.78. The summed E-state index contributed by atoms with van der Waals surface area (Å²) in [6.07, 6.45) is 5.52. The molecule has 1 aromatic carbocycles. The van der Waals surface area contributed by atoms with Gasteiger partial charge in [-0.15, -0.1) is 10.2 Å². The molecule has 0 amide bonds. The first-order valence-corrected chi connectivity index (χ1v) is 9.95. The second-order valence-electron chi connectivity index (χ2n) is 7.41. The van der Waals surface area contributed by atoms with Gasteiger partial charge in [-0.2, -0.15) is 0 Å². The SMILES string of the molecule is Cc1nnc2n1-c1cnc(-c3ccncc3-c3ccccc3)nc1N1CCOCC21. The molecule has 6 rings (SSSR count). The average molecular weight is 397 g/mol. The van der Waals surface area contributed by atoms with E-state index in [9.17, 15) is 0 Å². The van der Waals surface area contributed by atoms with E-state index in [4.69, 9.17) is 14.7 Å². The Morgan fingerprint density at radius 2 is 1.93 bits per heavy atom. The van der Waals surface area contributed by atoms with Crippen LogP contribution < -0.4 is 4.90 Å². The summed E-state index contributed by atoms with van der Waals surface area (Å²) in [5.41, 5.74) is 3.96. The summed E-state index contributed by atoms with van der Waals surface area (Å²) in [6.45, 7) is 3.93. The van der Waals surface area contributed by atoms with Gasteiger partial charge in [0, 0.05) is 30.1 Å². The molecule has 1 atom stereocenters. The van der Waals surface area contributed by atoms with Crippen LogP contribution in [0.1, 0.15) is 17.7 Å². The van der Waals surface area contributed by atoms with Crippen LogP contribution in [0.2, 0.25) is 0 Å². The number of fused-ring (bicyclic) bond motifs is 6. The van der Waals surface area contributed by atoms with Gasteiger partial charge in [0.25, 0.3) is 0 Å². The maximum absolute atomic E-state index is 5.74. The van der Waals surface area contributed by atoms with E-state index in [0.717, 1.165) is 46.4 Å². The lowest BCUT2D eigenvalue weighted by molar-refractivity contribution is 0.0894. The van der Waals surface area contributed by atoms with E-state index in [-0.39, 0.29) is 6.04 Å². The van der Waals surface area contributed by atoms with Gasteiger partial charge in [0.1, 0.15) is 17.6 Å². The zero-order chi connectivity index (χ0) is 20.1. The molecular weight excluding hydrogens is 378 g/mol. The predicted molar refractivity (Wildman–Crippen MR) is 111 cm³/mol. The third-order valence-corrected chi connectivity index (χ3v) is 5.69. The molecule has 2 aliphatic heterocycles. The molecule has 0 aliphatic carbocycles. The fourth-order valence-electron chi connectivity index (χ4n) is 4.27. The van der Waals surface area contributed by atoms with E-state index in [2.05, 4.69) is 32.2 Å². The molecule has 5 heterocycles. The fraction of sp³-hybridized carbons (Fsp3) is 0.227. The van der Waals surface area contributed by atoms with Crippen molar-refractivity contribution in [1.29, 1.82) is 0 Å². The Balaban J connectivity index is 1.54. The van der Waals surface area contributed by atoms with Crippen LogP contribution in [-0.4, -0.2) is 49.5 Å². The van der Waals surface area contributed by atoms with E-state index in [1.165, 1.54) is 0 Å². The summed E-state index contributed by atoms with van der Waals surface area (Å²) in [5.74, 6) is 3.26.